The summed E-state index contributed by atoms with van der Waals surface area (Å²) in [7, 11) is 0.785. The van der Waals surface area contributed by atoms with Gasteiger partial charge in [-0.1, -0.05) is 13.0 Å². The minimum Gasteiger partial charge on any atom is -0.497 e. The molecule has 1 aromatic carbocycles. The Labute approximate surface area is 116 Å². The molecule has 5 nitrogen and oxygen atoms in total. The SMILES string of the molecule is CCS(=O)CCNCC(=O)Nc1cccc(OC)c1. The first-order valence-corrected chi connectivity index (χ1v) is 7.64. The van der Waals surface area contributed by atoms with Crippen LogP contribution in [-0.4, -0.2) is 41.8 Å². The van der Waals surface area contributed by atoms with Crippen LogP contribution in [-0.2, 0) is 15.6 Å². The summed E-state index contributed by atoms with van der Waals surface area (Å²) in [4.78, 5) is 11.6. The Bertz CT molecular complexity index is 438. The Morgan fingerprint density at radius 2 is 2.21 bits per heavy atom. The Balaban J connectivity index is 2.28. The predicted octanol–water partition coefficient (Wildman–Crippen LogP) is 0.992. The van der Waals surface area contributed by atoms with Crippen LogP contribution in [0, 0.1) is 0 Å². The van der Waals surface area contributed by atoms with Crippen LogP contribution in [0.1, 0.15) is 6.92 Å². The van der Waals surface area contributed by atoms with E-state index in [0.717, 1.165) is 0 Å². The number of hydrogen-bond donors (Lipinski definition) is 2. The molecule has 0 aromatic heterocycles. The molecule has 0 aliphatic rings. The molecule has 0 radical (unpaired) electrons. The number of rotatable bonds is 8. The lowest BCUT2D eigenvalue weighted by Gasteiger charge is -2.07. The van der Waals surface area contributed by atoms with Crippen LogP contribution in [0.5, 0.6) is 5.75 Å². The van der Waals surface area contributed by atoms with E-state index in [4.69, 9.17) is 4.74 Å². The largest absolute Gasteiger partial charge is 0.497 e. The summed E-state index contributed by atoms with van der Waals surface area (Å²) in [6, 6.07) is 7.18. The molecule has 0 aliphatic heterocycles. The molecule has 1 rings (SSSR count). The molecule has 0 aliphatic carbocycles. The van der Waals surface area contributed by atoms with Gasteiger partial charge < -0.3 is 15.4 Å². The molecule has 0 spiro atoms. The molecule has 106 valence electrons. The topological polar surface area (TPSA) is 67.4 Å². The first-order chi connectivity index (χ1) is 9.15. The third kappa shape index (κ3) is 6.35. The lowest BCUT2D eigenvalue weighted by Crippen LogP contribution is -2.30. The third-order valence-electron chi connectivity index (χ3n) is 2.47. The highest BCUT2D eigenvalue weighted by Crippen LogP contribution is 2.16. The zero-order chi connectivity index (χ0) is 14.1. The van der Waals surface area contributed by atoms with Crippen molar-refractivity contribution in [3.05, 3.63) is 24.3 Å². The maximum atomic E-state index is 11.6. The fourth-order valence-electron chi connectivity index (χ4n) is 1.44. The van der Waals surface area contributed by atoms with E-state index in [9.17, 15) is 9.00 Å². The number of anilines is 1. The van der Waals surface area contributed by atoms with Gasteiger partial charge in [-0.2, -0.15) is 0 Å². The number of hydrogen-bond acceptors (Lipinski definition) is 4. The molecule has 19 heavy (non-hydrogen) atoms. The zero-order valence-corrected chi connectivity index (χ0v) is 12.1. The molecule has 6 heteroatoms. The van der Waals surface area contributed by atoms with Crippen molar-refractivity contribution in [3.8, 4) is 5.75 Å². The van der Waals surface area contributed by atoms with Crippen LogP contribution in [0.25, 0.3) is 0 Å². The maximum absolute atomic E-state index is 11.6. The molecule has 1 amide bonds. The smallest absolute Gasteiger partial charge is 0.238 e. The van der Waals surface area contributed by atoms with Crippen molar-refractivity contribution < 1.29 is 13.7 Å². The quantitative estimate of drug-likeness (QED) is 0.699. The summed E-state index contributed by atoms with van der Waals surface area (Å²) in [5.41, 5.74) is 0.697. The maximum Gasteiger partial charge on any atom is 0.238 e. The van der Waals surface area contributed by atoms with Crippen molar-refractivity contribution >= 4 is 22.4 Å². The number of amides is 1. The van der Waals surface area contributed by atoms with Crippen LogP contribution < -0.4 is 15.4 Å². The number of carbonyl (C=O) groups is 1. The van der Waals surface area contributed by atoms with Crippen LogP contribution in [0.3, 0.4) is 0 Å². The first-order valence-electron chi connectivity index (χ1n) is 6.15. The predicted molar refractivity (Wildman–Crippen MR) is 78.0 cm³/mol. The monoisotopic (exact) mass is 284 g/mol. The highest BCUT2D eigenvalue weighted by Gasteiger charge is 2.03. The van der Waals surface area contributed by atoms with E-state index in [1.807, 2.05) is 19.1 Å². The summed E-state index contributed by atoms with van der Waals surface area (Å²) in [6.07, 6.45) is 0. The zero-order valence-electron chi connectivity index (χ0n) is 11.3. The number of carbonyl (C=O) groups excluding carboxylic acids is 1. The van der Waals surface area contributed by atoms with Crippen molar-refractivity contribution in [2.75, 3.05) is 37.0 Å². The van der Waals surface area contributed by atoms with Crippen LogP contribution in [0.4, 0.5) is 5.69 Å². The molecule has 0 fully saturated rings. The summed E-state index contributed by atoms with van der Waals surface area (Å²) in [6.45, 7) is 2.66. The van der Waals surface area contributed by atoms with E-state index in [0.29, 0.717) is 29.5 Å². The first kappa shape index (κ1) is 15.7. The summed E-state index contributed by atoms with van der Waals surface area (Å²) < 4.78 is 16.2. The standard InChI is InChI=1S/C13H20N2O3S/c1-3-19(17)8-7-14-10-13(16)15-11-5-4-6-12(9-11)18-2/h4-6,9,14H,3,7-8,10H2,1-2H3,(H,15,16). The highest BCUT2D eigenvalue weighted by atomic mass is 32.2. The number of nitrogens with one attached hydrogen (secondary N) is 2. The average molecular weight is 284 g/mol. The summed E-state index contributed by atoms with van der Waals surface area (Å²) in [5, 5.41) is 5.72. The second-order valence-electron chi connectivity index (χ2n) is 3.89. The van der Waals surface area contributed by atoms with Crippen molar-refractivity contribution in [2.45, 2.75) is 6.92 Å². The van der Waals surface area contributed by atoms with Gasteiger partial charge in [0, 0.05) is 40.6 Å². The van der Waals surface area contributed by atoms with Crippen molar-refractivity contribution in [1.82, 2.24) is 5.32 Å². The number of ether oxygens (including phenoxy) is 1. The van der Waals surface area contributed by atoms with Gasteiger partial charge in [0.2, 0.25) is 5.91 Å². The fourth-order valence-corrected chi connectivity index (χ4v) is 2.10. The van der Waals surface area contributed by atoms with Gasteiger partial charge in [-0.15, -0.1) is 0 Å². The molecule has 0 heterocycles. The van der Waals surface area contributed by atoms with Gasteiger partial charge in [0.1, 0.15) is 5.75 Å². The Hall–Kier alpha value is -1.40. The molecular formula is C13H20N2O3S. The van der Waals surface area contributed by atoms with E-state index in [2.05, 4.69) is 10.6 Å². The fraction of sp³-hybridized carbons (Fsp3) is 0.462. The molecule has 1 aromatic rings. The average Bonchev–Trinajstić information content (AvgIpc) is 2.43. The Morgan fingerprint density at radius 3 is 2.89 bits per heavy atom. The van der Waals surface area contributed by atoms with E-state index in [1.165, 1.54) is 0 Å². The minimum absolute atomic E-state index is 0.129. The van der Waals surface area contributed by atoms with Gasteiger partial charge in [-0.25, -0.2) is 0 Å². The van der Waals surface area contributed by atoms with Gasteiger partial charge in [0.15, 0.2) is 0 Å². The van der Waals surface area contributed by atoms with Gasteiger partial charge >= 0.3 is 0 Å². The molecule has 1 atom stereocenters. The second kappa shape index (κ2) is 8.66. The van der Waals surface area contributed by atoms with Crippen LogP contribution in [0.15, 0.2) is 24.3 Å². The highest BCUT2D eigenvalue weighted by molar-refractivity contribution is 7.84. The van der Waals surface area contributed by atoms with Gasteiger partial charge in [0.05, 0.1) is 13.7 Å². The lowest BCUT2D eigenvalue weighted by atomic mass is 10.3. The molecule has 2 N–H and O–H groups in total. The van der Waals surface area contributed by atoms with Crippen LogP contribution in [0.2, 0.25) is 0 Å². The molecular weight excluding hydrogens is 264 g/mol. The van der Waals surface area contributed by atoms with E-state index in [-0.39, 0.29) is 12.5 Å². The van der Waals surface area contributed by atoms with Gasteiger partial charge in [0.25, 0.3) is 0 Å². The summed E-state index contributed by atoms with van der Waals surface area (Å²) >= 11 is 0. The molecule has 0 bridgehead atoms. The minimum atomic E-state index is -0.795. The van der Waals surface area contributed by atoms with E-state index < -0.39 is 10.8 Å². The Morgan fingerprint density at radius 1 is 1.42 bits per heavy atom. The van der Waals surface area contributed by atoms with Crippen LogP contribution >= 0.6 is 0 Å². The van der Waals surface area contributed by atoms with Gasteiger partial charge in [-0.05, 0) is 12.1 Å². The van der Waals surface area contributed by atoms with E-state index in [1.54, 1.807) is 19.2 Å². The van der Waals surface area contributed by atoms with Gasteiger partial charge in [-0.3, -0.25) is 9.00 Å². The Kier molecular flexibility index (Phi) is 7.14. The third-order valence-corrected chi connectivity index (χ3v) is 3.77. The van der Waals surface area contributed by atoms with Crippen molar-refractivity contribution in [2.24, 2.45) is 0 Å². The normalized spacial score (nSPS) is 11.9. The van der Waals surface area contributed by atoms with E-state index >= 15 is 0 Å². The molecule has 1 unspecified atom stereocenters. The molecule has 0 saturated heterocycles. The van der Waals surface area contributed by atoms with Crippen molar-refractivity contribution in [3.63, 3.8) is 0 Å². The number of benzene rings is 1. The lowest BCUT2D eigenvalue weighted by molar-refractivity contribution is -0.115. The van der Waals surface area contributed by atoms with Crippen molar-refractivity contribution in [1.29, 1.82) is 0 Å². The number of methoxy groups -OCH3 is 1. The molecule has 0 saturated carbocycles. The second-order valence-corrected chi connectivity index (χ2v) is 5.75. The summed E-state index contributed by atoms with van der Waals surface area (Å²) in [5.74, 6) is 1.79.